The van der Waals surface area contributed by atoms with Crippen molar-refractivity contribution in [3.8, 4) is 0 Å². The van der Waals surface area contributed by atoms with E-state index in [0.29, 0.717) is 11.3 Å². The molecule has 0 fully saturated rings. The van der Waals surface area contributed by atoms with E-state index in [-0.39, 0.29) is 5.91 Å². The number of benzene rings is 1. The molecule has 0 aliphatic heterocycles. The Kier molecular flexibility index (Phi) is 4.31. The normalized spacial score (nSPS) is 13.7. The predicted molar refractivity (Wildman–Crippen MR) is 69.3 cm³/mol. The first kappa shape index (κ1) is 14.0. The zero-order valence-corrected chi connectivity index (χ0v) is 10.7. The van der Waals surface area contributed by atoms with Gasteiger partial charge in [0.05, 0.1) is 5.92 Å². The quantitative estimate of drug-likeness (QED) is 0.704. The number of anilines is 1. The average molecular weight is 250 g/mol. The van der Waals surface area contributed by atoms with Crippen LogP contribution in [0.25, 0.3) is 0 Å². The fourth-order valence-electron chi connectivity index (χ4n) is 1.45. The van der Waals surface area contributed by atoms with Crippen molar-refractivity contribution in [2.75, 3.05) is 5.73 Å². The number of aryl methyl sites for hydroxylation is 1. The molecule has 1 amide bonds. The molecule has 5 heteroatoms. The molecule has 0 saturated heterocycles. The number of nitrogens with one attached hydrogen (secondary N) is 1. The first-order valence-corrected chi connectivity index (χ1v) is 5.72. The molecule has 0 spiro atoms. The van der Waals surface area contributed by atoms with Crippen LogP contribution in [-0.4, -0.2) is 23.0 Å². The van der Waals surface area contributed by atoms with Gasteiger partial charge in [-0.15, -0.1) is 0 Å². The third kappa shape index (κ3) is 3.23. The summed E-state index contributed by atoms with van der Waals surface area (Å²) in [6.45, 7) is 5.04. The van der Waals surface area contributed by atoms with E-state index in [1.807, 2.05) is 6.92 Å². The number of nitrogens with two attached hydrogens (primary N) is 1. The molecular formula is C13H18N2O3. The summed E-state index contributed by atoms with van der Waals surface area (Å²) in [5.41, 5.74) is 7.59. The summed E-state index contributed by atoms with van der Waals surface area (Å²) in [5, 5.41) is 11.5. The maximum atomic E-state index is 11.9. The second-order valence-corrected chi connectivity index (χ2v) is 4.46. The van der Waals surface area contributed by atoms with E-state index in [1.54, 1.807) is 32.0 Å². The lowest BCUT2D eigenvalue weighted by Crippen LogP contribution is -2.40. The molecule has 0 aliphatic carbocycles. The number of carbonyl (C=O) groups is 2. The molecule has 98 valence electrons. The zero-order chi connectivity index (χ0) is 13.9. The molecule has 1 rings (SSSR count). The van der Waals surface area contributed by atoms with Crippen LogP contribution in [0.15, 0.2) is 18.2 Å². The zero-order valence-electron chi connectivity index (χ0n) is 10.7. The molecule has 0 heterocycles. The van der Waals surface area contributed by atoms with Crippen LogP contribution >= 0.6 is 0 Å². The van der Waals surface area contributed by atoms with Gasteiger partial charge in [0.1, 0.15) is 0 Å². The Balaban J connectivity index is 2.76. The van der Waals surface area contributed by atoms with E-state index in [1.165, 1.54) is 0 Å². The van der Waals surface area contributed by atoms with Crippen molar-refractivity contribution in [3.63, 3.8) is 0 Å². The van der Waals surface area contributed by atoms with E-state index >= 15 is 0 Å². The maximum absolute atomic E-state index is 11.9. The number of carboxylic acids is 1. The molecule has 2 unspecified atom stereocenters. The molecule has 0 bridgehead atoms. The van der Waals surface area contributed by atoms with Crippen LogP contribution < -0.4 is 11.1 Å². The van der Waals surface area contributed by atoms with Gasteiger partial charge in [0.2, 0.25) is 0 Å². The van der Waals surface area contributed by atoms with Crippen molar-refractivity contribution in [1.82, 2.24) is 5.32 Å². The summed E-state index contributed by atoms with van der Waals surface area (Å²) in [6.07, 6.45) is 0. The second kappa shape index (κ2) is 5.53. The summed E-state index contributed by atoms with van der Waals surface area (Å²) < 4.78 is 0. The van der Waals surface area contributed by atoms with Gasteiger partial charge in [-0.2, -0.15) is 0 Å². The molecule has 0 saturated carbocycles. The molecule has 5 nitrogen and oxygen atoms in total. The van der Waals surface area contributed by atoms with Crippen molar-refractivity contribution >= 4 is 17.6 Å². The van der Waals surface area contributed by atoms with Crippen LogP contribution in [0.2, 0.25) is 0 Å². The van der Waals surface area contributed by atoms with Crippen LogP contribution in [0, 0.1) is 12.8 Å². The molecule has 0 aromatic heterocycles. The predicted octanol–water partition coefficient (Wildman–Crippen LogP) is 1.42. The number of carboxylic acid groups (broad SMARTS) is 1. The number of carbonyl (C=O) groups excluding carboxylic acids is 1. The highest BCUT2D eigenvalue weighted by atomic mass is 16.4. The van der Waals surface area contributed by atoms with Crippen LogP contribution in [0.1, 0.15) is 29.8 Å². The molecule has 2 atom stereocenters. The molecule has 1 aromatic rings. The largest absolute Gasteiger partial charge is 0.481 e. The van der Waals surface area contributed by atoms with Crippen LogP contribution in [-0.2, 0) is 4.79 Å². The van der Waals surface area contributed by atoms with E-state index in [9.17, 15) is 9.59 Å². The Bertz CT molecular complexity index is 471. The Labute approximate surface area is 106 Å². The Morgan fingerprint density at radius 2 is 1.94 bits per heavy atom. The van der Waals surface area contributed by atoms with Crippen molar-refractivity contribution in [2.24, 2.45) is 5.92 Å². The molecule has 0 radical (unpaired) electrons. The van der Waals surface area contributed by atoms with Crippen LogP contribution in [0.4, 0.5) is 5.69 Å². The highest BCUT2D eigenvalue weighted by molar-refractivity contribution is 5.95. The minimum Gasteiger partial charge on any atom is -0.481 e. The van der Waals surface area contributed by atoms with E-state index in [4.69, 9.17) is 10.8 Å². The van der Waals surface area contributed by atoms with Gasteiger partial charge in [-0.1, -0.05) is 0 Å². The summed E-state index contributed by atoms with van der Waals surface area (Å²) in [7, 11) is 0. The Hall–Kier alpha value is -2.04. The summed E-state index contributed by atoms with van der Waals surface area (Å²) in [5.74, 6) is -1.86. The highest BCUT2D eigenvalue weighted by Crippen LogP contribution is 2.13. The standard InChI is InChI=1S/C13H18N2O3/c1-7-6-10(4-5-11(7)14)12(16)15-9(3)8(2)13(17)18/h4-6,8-9H,14H2,1-3H3,(H,15,16)(H,17,18). The first-order chi connectivity index (χ1) is 8.32. The van der Waals surface area contributed by atoms with Crippen molar-refractivity contribution in [2.45, 2.75) is 26.8 Å². The molecule has 0 aliphatic rings. The van der Waals surface area contributed by atoms with Crippen LogP contribution in [0.5, 0.6) is 0 Å². The SMILES string of the molecule is Cc1cc(C(=O)NC(C)C(C)C(=O)O)ccc1N. The number of nitrogen functional groups attached to an aromatic ring is 1. The summed E-state index contributed by atoms with van der Waals surface area (Å²) in [6, 6.07) is 4.53. The van der Waals surface area contributed by atoms with Gasteiger partial charge in [0.15, 0.2) is 0 Å². The number of hydrogen-bond donors (Lipinski definition) is 3. The van der Waals surface area contributed by atoms with Gasteiger partial charge >= 0.3 is 5.97 Å². The number of hydrogen-bond acceptors (Lipinski definition) is 3. The van der Waals surface area contributed by atoms with Crippen molar-refractivity contribution in [1.29, 1.82) is 0 Å². The average Bonchev–Trinajstić information content (AvgIpc) is 2.31. The summed E-state index contributed by atoms with van der Waals surface area (Å²) in [4.78, 5) is 22.7. The van der Waals surface area contributed by atoms with Gasteiger partial charge < -0.3 is 16.2 Å². The van der Waals surface area contributed by atoms with Gasteiger partial charge in [-0.3, -0.25) is 9.59 Å². The lowest BCUT2D eigenvalue weighted by molar-refractivity contribution is -0.141. The third-order valence-corrected chi connectivity index (χ3v) is 3.03. The van der Waals surface area contributed by atoms with Gasteiger partial charge in [0.25, 0.3) is 5.91 Å². The Morgan fingerprint density at radius 1 is 1.33 bits per heavy atom. The Morgan fingerprint density at radius 3 is 2.44 bits per heavy atom. The van der Waals surface area contributed by atoms with Gasteiger partial charge in [-0.05, 0) is 44.5 Å². The lowest BCUT2D eigenvalue weighted by atomic mass is 10.0. The van der Waals surface area contributed by atoms with E-state index in [2.05, 4.69) is 5.32 Å². The van der Waals surface area contributed by atoms with Gasteiger partial charge in [-0.25, -0.2) is 0 Å². The number of aliphatic carboxylic acids is 1. The molecule has 18 heavy (non-hydrogen) atoms. The third-order valence-electron chi connectivity index (χ3n) is 3.03. The first-order valence-electron chi connectivity index (χ1n) is 5.72. The van der Waals surface area contributed by atoms with E-state index in [0.717, 1.165) is 5.56 Å². The number of amides is 1. The van der Waals surface area contributed by atoms with Gasteiger partial charge in [0, 0.05) is 17.3 Å². The fraction of sp³-hybridized carbons (Fsp3) is 0.385. The van der Waals surface area contributed by atoms with Crippen molar-refractivity contribution in [3.05, 3.63) is 29.3 Å². The highest BCUT2D eigenvalue weighted by Gasteiger charge is 2.21. The minimum atomic E-state index is -0.934. The lowest BCUT2D eigenvalue weighted by Gasteiger charge is -2.18. The second-order valence-electron chi connectivity index (χ2n) is 4.46. The monoisotopic (exact) mass is 250 g/mol. The van der Waals surface area contributed by atoms with E-state index < -0.39 is 17.9 Å². The van der Waals surface area contributed by atoms with Crippen molar-refractivity contribution < 1.29 is 14.7 Å². The smallest absolute Gasteiger partial charge is 0.308 e. The maximum Gasteiger partial charge on any atom is 0.308 e. The summed E-state index contributed by atoms with van der Waals surface area (Å²) >= 11 is 0. The van der Waals surface area contributed by atoms with Crippen LogP contribution in [0.3, 0.4) is 0 Å². The molecule has 1 aromatic carbocycles. The topological polar surface area (TPSA) is 92.4 Å². The molecular weight excluding hydrogens is 232 g/mol. The number of rotatable bonds is 4. The molecule has 4 N–H and O–H groups in total. The fourth-order valence-corrected chi connectivity index (χ4v) is 1.45. The minimum absolute atomic E-state index is 0.293.